The molecule has 1 aliphatic rings. The summed E-state index contributed by atoms with van der Waals surface area (Å²) in [7, 11) is 1.60. The molecule has 0 spiro atoms. The van der Waals surface area contributed by atoms with Crippen molar-refractivity contribution in [1.29, 1.82) is 5.41 Å². The van der Waals surface area contributed by atoms with Crippen molar-refractivity contribution >= 4 is 34.5 Å². The van der Waals surface area contributed by atoms with Crippen molar-refractivity contribution in [3.63, 3.8) is 0 Å². The molecule has 0 amide bonds. The van der Waals surface area contributed by atoms with Gasteiger partial charge in [0.2, 0.25) is 0 Å². The maximum atomic E-state index is 11.4. The summed E-state index contributed by atoms with van der Waals surface area (Å²) in [5.41, 5.74) is 0.245. The standard InChI is InChI=1S/C11H16NO2S2/c1-14-11(13)9(7-12)10(15-2)8-16-5-3-4-6-16/h8,12H,3-6H2,1-2H3/q+1/b10-8+. The van der Waals surface area contributed by atoms with Crippen LogP contribution in [0.15, 0.2) is 15.9 Å². The minimum Gasteiger partial charge on any atom is -0.465 e. The van der Waals surface area contributed by atoms with Crippen molar-refractivity contribution in [2.45, 2.75) is 12.8 Å². The Bertz CT molecular complexity index is 340. The molecule has 0 aliphatic carbocycles. The van der Waals surface area contributed by atoms with Crippen LogP contribution >= 0.6 is 11.8 Å². The van der Waals surface area contributed by atoms with Gasteiger partial charge < -0.3 is 4.74 Å². The fourth-order valence-electron chi connectivity index (χ4n) is 1.47. The number of carbonyl (C=O) groups is 1. The topological polar surface area (TPSA) is 50.2 Å². The molecule has 1 heterocycles. The molecule has 1 aliphatic heterocycles. The molecule has 0 aromatic heterocycles. The van der Waals surface area contributed by atoms with E-state index in [2.05, 4.69) is 16.0 Å². The van der Waals surface area contributed by atoms with E-state index >= 15 is 0 Å². The van der Waals surface area contributed by atoms with Gasteiger partial charge in [-0.25, -0.2) is 4.79 Å². The zero-order valence-corrected chi connectivity index (χ0v) is 11.2. The van der Waals surface area contributed by atoms with Crippen LogP contribution in [0.25, 0.3) is 0 Å². The van der Waals surface area contributed by atoms with Crippen molar-refractivity contribution in [2.24, 2.45) is 0 Å². The monoisotopic (exact) mass is 258 g/mol. The Balaban J connectivity index is 2.86. The van der Waals surface area contributed by atoms with E-state index in [4.69, 9.17) is 5.41 Å². The molecule has 16 heavy (non-hydrogen) atoms. The third-order valence-electron chi connectivity index (χ3n) is 2.32. The lowest BCUT2D eigenvalue weighted by Gasteiger charge is -2.03. The van der Waals surface area contributed by atoms with Crippen LogP contribution in [-0.2, 0) is 20.4 Å². The molecule has 0 aromatic rings. The van der Waals surface area contributed by atoms with Gasteiger partial charge in [-0.2, -0.15) is 0 Å². The minimum atomic E-state index is -0.474. The first-order valence-corrected chi connectivity index (χ1v) is 7.88. The molecule has 0 aromatic carbocycles. The first kappa shape index (κ1) is 13.4. The molecule has 3 nitrogen and oxygen atoms in total. The molecule has 0 saturated carbocycles. The second-order valence-corrected chi connectivity index (χ2v) is 6.31. The highest BCUT2D eigenvalue weighted by molar-refractivity contribution is 8.05. The van der Waals surface area contributed by atoms with Crippen LogP contribution in [0.3, 0.4) is 0 Å². The van der Waals surface area contributed by atoms with Crippen LogP contribution in [0.2, 0.25) is 0 Å². The first-order valence-electron chi connectivity index (χ1n) is 5.03. The van der Waals surface area contributed by atoms with Crippen LogP contribution in [0.1, 0.15) is 12.8 Å². The van der Waals surface area contributed by atoms with Gasteiger partial charge in [0.1, 0.15) is 22.5 Å². The number of hydrogen-bond acceptors (Lipinski definition) is 4. The number of nitrogens with one attached hydrogen (secondary N) is 1. The minimum absolute atomic E-state index is 0.245. The Labute approximate surface area is 103 Å². The number of carbonyl (C=O) groups excluding carboxylic acids is 1. The average molecular weight is 258 g/mol. The van der Waals surface area contributed by atoms with Gasteiger partial charge in [0, 0.05) is 10.9 Å². The number of thioether (sulfide) groups is 1. The number of ether oxygens (including phenoxy) is 1. The zero-order chi connectivity index (χ0) is 12.0. The average Bonchev–Trinajstić information content (AvgIpc) is 2.81. The van der Waals surface area contributed by atoms with E-state index in [-0.39, 0.29) is 16.5 Å². The van der Waals surface area contributed by atoms with Gasteiger partial charge in [0.05, 0.1) is 12.0 Å². The van der Waals surface area contributed by atoms with Gasteiger partial charge in [-0.1, -0.05) is 0 Å². The van der Waals surface area contributed by atoms with Crippen molar-refractivity contribution in [1.82, 2.24) is 0 Å². The predicted molar refractivity (Wildman–Crippen MR) is 71.2 cm³/mol. The smallest absolute Gasteiger partial charge is 0.348 e. The summed E-state index contributed by atoms with van der Waals surface area (Å²) in [5, 5.41) is 9.28. The molecule has 1 rings (SSSR count). The lowest BCUT2D eigenvalue weighted by atomic mass is 10.3. The van der Waals surface area contributed by atoms with Crippen LogP contribution in [0.5, 0.6) is 0 Å². The molecule has 5 heteroatoms. The van der Waals surface area contributed by atoms with E-state index in [1.165, 1.54) is 43.2 Å². The summed E-state index contributed by atoms with van der Waals surface area (Å²) in [6.07, 6.45) is 4.44. The summed E-state index contributed by atoms with van der Waals surface area (Å²) < 4.78 is 4.64. The number of esters is 1. The maximum Gasteiger partial charge on any atom is 0.348 e. The Morgan fingerprint density at radius 2 is 2.12 bits per heavy atom. The molecule has 88 valence electrons. The lowest BCUT2D eigenvalue weighted by molar-refractivity contribution is -0.135. The quantitative estimate of drug-likeness (QED) is 0.276. The first-order chi connectivity index (χ1) is 7.72. The van der Waals surface area contributed by atoms with Crippen molar-refractivity contribution in [2.75, 3.05) is 24.9 Å². The van der Waals surface area contributed by atoms with Gasteiger partial charge in [0.25, 0.3) is 0 Å². The largest absolute Gasteiger partial charge is 0.465 e. The summed E-state index contributed by atoms with van der Waals surface area (Å²) >= 11 is 1.48. The number of hydrogen-bond donors (Lipinski definition) is 1. The highest BCUT2D eigenvalue weighted by Gasteiger charge is 2.25. The van der Waals surface area contributed by atoms with Gasteiger partial charge in [-0.15, -0.1) is 11.8 Å². The van der Waals surface area contributed by atoms with Crippen LogP contribution in [0, 0.1) is 5.41 Å². The van der Waals surface area contributed by atoms with Crippen LogP contribution in [0.4, 0.5) is 0 Å². The molecular formula is C11H16NO2S2+. The molecule has 1 N–H and O–H groups in total. The molecule has 0 atom stereocenters. The summed E-state index contributed by atoms with van der Waals surface area (Å²) in [6.45, 7) is 0. The SMILES string of the molecule is COC(=O)C(=C=N)/C(=C\[S+]1CCCC1)SC. The Hall–Kier alpha value is -0.640. The van der Waals surface area contributed by atoms with E-state index < -0.39 is 5.97 Å². The Kier molecular flexibility index (Phi) is 5.74. The summed E-state index contributed by atoms with van der Waals surface area (Å²) in [4.78, 5) is 12.3. The van der Waals surface area contributed by atoms with Crippen LogP contribution < -0.4 is 0 Å². The zero-order valence-electron chi connectivity index (χ0n) is 9.54. The fourth-order valence-corrected chi connectivity index (χ4v) is 4.61. The van der Waals surface area contributed by atoms with E-state index in [1.807, 2.05) is 6.26 Å². The third kappa shape index (κ3) is 3.44. The molecular weight excluding hydrogens is 242 g/mol. The van der Waals surface area contributed by atoms with Gasteiger partial charge >= 0.3 is 5.97 Å². The molecule has 1 saturated heterocycles. The van der Waals surface area contributed by atoms with Crippen LogP contribution in [-0.4, -0.2) is 36.7 Å². The second-order valence-electron chi connectivity index (χ2n) is 3.33. The van der Waals surface area contributed by atoms with E-state index in [0.717, 1.165) is 4.91 Å². The van der Waals surface area contributed by atoms with E-state index in [0.29, 0.717) is 0 Å². The second kappa shape index (κ2) is 6.84. The van der Waals surface area contributed by atoms with Crippen molar-refractivity contribution < 1.29 is 9.53 Å². The van der Waals surface area contributed by atoms with Gasteiger partial charge in [-0.3, -0.25) is 5.41 Å². The Morgan fingerprint density at radius 3 is 2.56 bits per heavy atom. The highest BCUT2D eigenvalue weighted by Crippen LogP contribution is 2.25. The third-order valence-corrected chi connectivity index (χ3v) is 5.42. The lowest BCUT2D eigenvalue weighted by Crippen LogP contribution is -2.08. The number of methoxy groups -OCH3 is 1. The highest BCUT2D eigenvalue weighted by atomic mass is 32.2. The van der Waals surface area contributed by atoms with Crippen molar-refractivity contribution in [3.8, 4) is 0 Å². The molecule has 0 unspecified atom stereocenters. The maximum absolute atomic E-state index is 11.4. The van der Waals surface area contributed by atoms with Crippen molar-refractivity contribution in [3.05, 3.63) is 15.9 Å². The molecule has 0 radical (unpaired) electrons. The fraction of sp³-hybridized carbons (Fsp3) is 0.545. The van der Waals surface area contributed by atoms with Gasteiger partial charge in [0.15, 0.2) is 0 Å². The van der Waals surface area contributed by atoms with Gasteiger partial charge in [-0.05, 0) is 25.0 Å². The predicted octanol–water partition coefficient (Wildman–Crippen LogP) is 1.95. The normalized spacial score (nSPS) is 17.0. The molecule has 0 bridgehead atoms. The number of rotatable bonds is 4. The summed E-state index contributed by atoms with van der Waals surface area (Å²) in [6, 6.07) is 0. The molecule has 1 fully saturated rings. The van der Waals surface area contributed by atoms with E-state index in [1.54, 1.807) is 0 Å². The Morgan fingerprint density at radius 1 is 1.50 bits per heavy atom. The summed E-state index contributed by atoms with van der Waals surface area (Å²) in [5.74, 6) is 4.12. The van der Waals surface area contributed by atoms with E-state index in [9.17, 15) is 4.79 Å².